The summed E-state index contributed by atoms with van der Waals surface area (Å²) in [5, 5.41) is 2.37. The lowest BCUT2D eigenvalue weighted by molar-refractivity contribution is -0.929. The van der Waals surface area contributed by atoms with Gasteiger partial charge in [0.2, 0.25) is 0 Å². The number of imidazole rings is 2. The molecule has 0 radical (unpaired) electrons. The predicted octanol–water partition coefficient (Wildman–Crippen LogP) is 5.56. The summed E-state index contributed by atoms with van der Waals surface area (Å²) >= 11 is 0. The monoisotopic (exact) mass is 501 g/mol. The van der Waals surface area contributed by atoms with E-state index in [1.165, 1.54) is 55.6 Å². The lowest BCUT2D eigenvalue weighted by Crippen LogP contribution is -2.71. The lowest BCUT2D eigenvalue weighted by atomic mass is 9.85. The van der Waals surface area contributed by atoms with Crippen LogP contribution in [0.1, 0.15) is 11.1 Å². The van der Waals surface area contributed by atoms with Gasteiger partial charge in [0.05, 0.1) is 18.0 Å². The van der Waals surface area contributed by atoms with Crippen molar-refractivity contribution in [2.24, 2.45) is 7.05 Å². The summed E-state index contributed by atoms with van der Waals surface area (Å²) in [6, 6.07) is 32.6. The number of ether oxygens (including phenoxy) is 1. The van der Waals surface area contributed by atoms with Crippen LogP contribution in [0.4, 0.5) is 0 Å². The van der Waals surface area contributed by atoms with Gasteiger partial charge in [0.15, 0.2) is 27.6 Å². The van der Waals surface area contributed by atoms with E-state index in [1.54, 1.807) is 0 Å². The Labute approximate surface area is 221 Å². The highest BCUT2D eigenvalue weighted by molar-refractivity contribution is 6.14. The zero-order valence-electron chi connectivity index (χ0n) is 20.9. The molecule has 1 atom stereocenters. The summed E-state index contributed by atoms with van der Waals surface area (Å²) in [6.45, 7) is 0. The zero-order chi connectivity index (χ0) is 25.2. The largest absolute Gasteiger partial charge is 0.456 e. The number of hydrogen-bond donors (Lipinski definition) is 0. The first-order chi connectivity index (χ1) is 19.3. The van der Waals surface area contributed by atoms with Crippen molar-refractivity contribution in [3.05, 3.63) is 108 Å². The summed E-state index contributed by atoms with van der Waals surface area (Å²) in [5.74, 6) is 3.01. The van der Waals surface area contributed by atoms with Crippen LogP contribution in [-0.2, 0) is 12.7 Å². The lowest BCUT2D eigenvalue weighted by Gasteiger charge is -2.30. The summed E-state index contributed by atoms with van der Waals surface area (Å²) in [7, 11) is 2.18. The van der Waals surface area contributed by atoms with E-state index in [-0.39, 0.29) is 0 Å². The number of nitrogens with zero attached hydrogens (tertiary/aromatic N) is 5. The minimum absolute atomic E-state index is 0.636. The Morgan fingerprint density at radius 3 is 2.38 bits per heavy atom. The van der Waals surface area contributed by atoms with Crippen LogP contribution >= 0.6 is 0 Å². The normalized spacial score (nSPS) is 17.7. The summed E-state index contributed by atoms with van der Waals surface area (Å²) in [6.07, 6.45) is 1.90. The maximum absolute atomic E-state index is 6.76. The van der Waals surface area contributed by atoms with Crippen molar-refractivity contribution >= 4 is 49.5 Å². The number of aryl methyl sites for hydroxylation is 1. The molecule has 0 fully saturated rings. The van der Waals surface area contributed by atoms with E-state index in [0.717, 1.165) is 27.9 Å². The Morgan fingerprint density at radius 2 is 1.49 bits per heavy atom. The average molecular weight is 502 g/mol. The second-order valence-corrected chi connectivity index (χ2v) is 10.9. The maximum Gasteiger partial charge on any atom is 0.316 e. The fourth-order valence-electron chi connectivity index (χ4n) is 8.09. The van der Waals surface area contributed by atoms with E-state index in [1.807, 2.05) is 12.3 Å². The van der Waals surface area contributed by atoms with E-state index >= 15 is 0 Å². The average Bonchev–Trinajstić information content (AvgIpc) is 3.68. The van der Waals surface area contributed by atoms with Crippen molar-refractivity contribution in [3.63, 3.8) is 0 Å². The molecule has 11 rings (SSSR count). The molecule has 3 aliphatic rings. The Kier molecular flexibility index (Phi) is 2.80. The number of fused-ring (bicyclic) bond motifs is 10. The summed E-state index contributed by atoms with van der Waals surface area (Å²) in [4.78, 5) is 4.93. The first kappa shape index (κ1) is 18.9. The molecular formula is C33H19N5O+2. The smallest absolute Gasteiger partial charge is 0.316 e. The molecule has 180 valence electrons. The third-order valence-electron chi connectivity index (χ3n) is 9.31. The van der Waals surface area contributed by atoms with Gasteiger partial charge in [0.1, 0.15) is 28.1 Å². The van der Waals surface area contributed by atoms with Crippen molar-refractivity contribution in [1.29, 1.82) is 0 Å². The van der Waals surface area contributed by atoms with E-state index in [4.69, 9.17) is 9.72 Å². The van der Waals surface area contributed by atoms with Crippen LogP contribution in [0.25, 0.3) is 60.9 Å². The third kappa shape index (κ3) is 1.71. The van der Waals surface area contributed by atoms with Gasteiger partial charge >= 0.3 is 11.3 Å². The van der Waals surface area contributed by atoms with Crippen LogP contribution in [0.15, 0.2) is 97.2 Å². The quantitative estimate of drug-likeness (QED) is 0.202. The second kappa shape index (κ2) is 5.76. The Bertz CT molecular complexity index is 2500. The first-order valence-corrected chi connectivity index (χ1v) is 13.3. The minimum atomic E-state index is -0.636. The molecule has 0 amide bonds. The highest BCUT2D eigenvalue weighted by Crippen LogP contribution is 2.58. The molecule has 1 spiro atoms. The highest BCUT2D eigenvalue weighted by Gasteiger charge is 2.68. The van der Waals surface area contributed by atoms with Gasteiger partial charge in [-0.1, -0.05) is 30.3 Å². The molecule has 4 aromatic carbocycles. The molecule has 1 unspecified atom stereocenters. The van der Waals surface area contributed by atoms with Crippen LogP contribution in [0.3, 0.4) is 0 Å². The van der Waals surface area contributed by atoms with Crippen LogP contribution in [-0.4, -0.2) is 14.0 Å². The number of pyridine rings is 2. The van der Waals surface area contributed by atoms with E-state index in [0.29, 0.717) is 0 Å². The standard InChI is InChI=1S/C33H19N5O/c1-35-20-9-2-4-11-22(20)37-31(35)19-8-6-14-25-28(19)33(37)29-26(39-25)16-15-18-27(29)32-36(24-13-7-17-34-30(18)24)21-10-3-5-12-23(21)38(32)33/h2-17H,1H3/q+2. The number of rotatable bonds is 0. The molecule has 4 aromatic heterocycles. The van der Waals surface area contributed by atoms with E-state index in [2.05, 4.69) is 110 Å². The molecule has 6 heteroatoms. The molecule has 39 heavy (non-hydrogen) atoms. The van der Waals surface area contributed by atoms with Gasteiger partial charge in [-0.25, -0.2) is 4.57 Å². The van der Waals surface area contributed by atoms with Crippen LogP contribution in [0, 0.1) is 0 Å². The Morgan fingerprint density at radius 1 is 0.718 bits per heavy atom. The van der Waals surface area contributed by atoms with Crippen molar-refractivity contribution < 1.29 is 13.9 Å². The van der Waals surface area contributed by atoms with Crippen molar-refractivity contribution in [2.75, 3.05) is 0 Å². The molecule has 0 bridgehead atoms. The van der Waals surface area contributed by atoms with Gasteiger partial charge in [-0.05, 0) is 60.7 Å². The fourth-order valence-corrected chi connectivity index (χ4v) is 8.09. The number of benzene rings is 4. The van der Waals surface area contributed by atoms with E-state index in [9.17, 15) is 0 Å². The SMILES string of the molecule is Cn1c2[n+](c3ccccc31)C13c4c(cccc4-2)Oc2ccc4c5ncccc5n5c6ccccc6[n+]1c5c4c23. The molecule has 0 saturated heterocycles. The molecular weight excluding hydrogens is 482 g/mol. The van der Waals surface area contributed by atoms with Crippen LogP contribution < -0.4 is 13.9 Å². The maximum atomic E-state index is 6.76. The summed E-state index contributed by atoms with van der Waals surface area (Å²) in [5.41, 5.74) is 11.1. The van der Waals surface area contributed by atoms with E-state index < -0.39 is 5.66 Å². The Hall–Kier alpha value is -5.23. The predicted molar refractivity (Wildman–Crippen MR) is 148 cm³/mol. The molecule has 6 nitrogen and oxygen atoms in total. The van der Waals surface area contributed by atoms with Gasteiger partial charge in [-0.3, -0.25) is 4.98 Å². The van der Waals surface area contributed by atoms with Crippen LogP contribution in [0.2, 0.25) is 0 Å². The highest BCUT2D eigenvalue weighted by atomic mass is 16.5. The van der Waals surface area contributed by atoms with Crippen molar-refractivity contribution in [3.8, 4) is 22.9 Å². The second-order valence-electron chi connectivity index (χ2n) is 10.9. The fraction of sp³-hybridized carbons (Fsp3) is 0.0606. The molecule has 0 N–H and O–H groups in total. The zero-order valence-corrected chi connectivity index (χ0v) is 20.9. The van der Waals surface area contributed by atoms with Gasteiger partial charge < -0.3 is 4.74 Å². The van der Waals surface area contributed by atoms with Gasteiger partial charge in [0.25, 0.3) is 5.82 Å². The minimum Gasteiger partial charge on any atom is -0.456 e. The first-order valence-electron chi connectivity index (χ1n) is 13.3. The third-order valence-corrected chi connectivity index (χ3v) is 9.31. The molecule has 0 saturated carbocycles. The number of para-hydroxylation sites is 4. The molecule has 8 aromatic rings. The topological polar surface area (TPSA) is 39.2 Å². The summed E-state index contributed by atoms with van der Waals surface area (Å²) < 4.78 is 16.7. The van der Waals surface area contributed by atoms with Gasteiger partial charge in [-0.2, -0.15) is 13.5 Å². The van der Waals surface area contributed by atoms with Gasteiger partial charge in [0, 0.05) is 11.6 Å². The van der Waals surface area contributed by atoms with Crippen LogP contribution in [0.5, 0.6) is 11.5 Å². The number of aromatic nitrogens is 5. The number of hydrogen-bond acceptors (Lipinski definition) is 2. The van der Waals surface area contributed by atoms with Crippen molar-refractivity contribution in [1.82, 2.24) is 14.0 Å². The molecule has 0 aliphatic carbocycles. The molecule has 7 heterocycles. The van der Waals surface area contributed by atoms with Gasteiger partial charge in [-0.15, -0.1) is 0 Å². The molecule has 3 aliphatic heterocycles. The Balaban J connectivity index is 1.55. The van der Waals surface area contributed by atoms with Crippen molar-refractivity contribution in [2.45, 2.75) is 5.66 Å².